The van der Waals surface area contributed by atoms with E-state index in [2.05, 4.69) is 21.2 Å². The Kier molecular flexibility index (Phi) is 4.70. The maximum Gasteiger partial charge on any atom is 0.270 e. The van der Waals surface area contributed by atoms with E-state index >= 15 is 0 Å². The molecule has 1 N–H and O–H groups in total. The van der Waals surface area contributed by atoms with Gasteiger partial charge in [-0.15, -0.1) is 0 Å². The predicted molar refractivity (Wildman–Crippen MR) is 84.9 cm³/mol. The molecule has 0 bridgehead atoms. The number of hydrogen-bond acceptors (Lipinski definition) is 3. The van der Waals surface area contributed by atoms with Crippen LogP contribution >= 0.6 is 15.9 Å². The van der Waals surface area contributed by atoms with E-state index in [1.165, 1.54) is 12.1 Å². The Morgan fingerprint density at radius 2 is 2.05 bits per heavy atom. The molecule has 0 heterocycles. The summed E-state index contributed by atoms with van der Waals surface area (Å²) in [7, 11) is 0. The van der Waals surface area contributed by atoms with Gasteiger partial charge in [-0.2, -0.15) is 0 Å². The van der Waals surface area contributed by atoms with E-state index < -0.39 is 4.92 Å². The molecule has 1 amide bonds. The second-order valence-electron chi connectivity index (χ2n) is 4.60. The van der Waals surface area contributed by atoms with Gasteiger partial charge in [0.25, 0.3) is 11.6 Å². The van der Waals surface area contributed by atoms with Crippen LogP contribution in [0.15, 0.2) is 42.5 Å². The van der Waals surface area contributed by atoms with E-state index in [1.54, 1.807) is 19.1 Å². The second-order valence-corrected chi connectivity index (χ2v) is 5.16. The van der Waals surface area contributed by atoms with Gasteiger partial charge in [0.05, 0.1) is 4.92 Å². The number of carbonyl (C=O) groups excluding carboxylic acids is 1. The van der Waals surface area contributed by atoms with Crippen molar-refractivity contribution in [3.05, 3.63) is 69.3 Å². The fourth-order valence-electron chi connectivity index (χ4n) is 1.93. The number of halogens is 1. The lowest BCUT2D eigenvalue weighted by Gasteiger charge is -2.07. The highest BCUT2D eigenvalue weighted by Gasteiger charge is 2.13. The molecular weight excluding hydrogens is 336 g/mol. The fraction of sp³-hybridized carbons (Fsp3) is 0.133. The Balaban J connectivity index is 2.25. The molecule has 2 rings (SSSR count). The van der Waals surface area contributed by atoms with Crippen molar-refractivity contribution < 1.29 is 9.72 Å². The summed E-state index contributed by atoms with van der Waals surface area (Å²) in [4.78, 5) is 22.5. The molecule has 0 atom stereocenters. The number of rotatable bonds is 4. The fourth-order valence-corrected chi connectivity index (χ4v) is 2.28. The molecule has 0 fully saturated rings. The third-order valence-corrected chi connectivity index (χ3v) is 3.52. The van der Waals surface area contributed by atoms with E-state index in [1.807, 2.05) is 18.2 Å². The summed E-state index contributed by atoms with van der Waals surface area (Å²) in [5.41, 5.74) is 2.54. The number of benzene rings is 2. The van der Waals surface area contributed by atoms with Crippen LogP contribution in [0.4, 0.5) is 11.4 Å². The smallest absolute Gasteiger partial charge is 0.270 e. The number of nitrogens with one attached hydrogen (secondary N) is 1. The average Bonchev–Trinajstić information content (AvgIpc) is 2.46. The highest BCUT2D eigenvalue weighted by molar-refractivity contribution is 9.08. The number of hydrogen-bond donors (Lipinski definition) is 1. The zero-order valence-electron chi connectivity index (χ0n) is 11.3. The summed E-state index contributed by atoms with van der Waals surface area (Å²) in [6.45, 7) is 1.72. The molecule has 0 saturated heterocycles. The van der Waals surface area contributed by atoms with Crippen molar-refractivity contribution in [3.8, 4) is 0 Å². The molecule has 2 aromatic carbocycles. The minimum atomic E-state index is -0.505. The zero-order chi connectivity index (χ0) is 15.4. The molecule has 0 aromatic heterocycles. The molecule has 0 saturated carbocycles. The number of carbonyl (C=O) groups is 1. The van der Waals surface area contributed by atoms with Gasteiger partial charge in [-0.25, -0.2) is 0 Å². The molecule has 5 nitrogen and oxygen atoms in total. The third-order valence-electron chi connectivity index (χ3n) is 2.87. The lowest BCUT2D eigenvalue weighted by molar-refractivity contribution is -0.384. The Bertz CT molecular complexity index is 701. The van der Waals surface area contributed by atoms with Crippen molar-refractivity contribution in [2.75, 3.05) is 5.32 Å². The van der Waals surface area contributed by atoms with Crippen LogP contribution in [0, 0.1) is 17.0 Å². The van der Waals surface area contributed by atoms with Gasteiger partial charge in [-0.3, -0.25) is 14.9 Å². The highest BCUT2D eigenvalue weighted by atomic mass is 79.9. The van der Waals surface area contributed by atoms with Crippen molar-refractivity contribution in [2.24, 2.45) is 0 Å². The standard InChI is InChI=1S/C15H13BrN2O3/c1-10-5-12(8-14(6-10)18(20)21)15(19)17-13-4-2-3-11(7-13)9-16/h2-8H,9H2,1H3,(H,17,19). The summed E-state index contributed by atoms with van der Waals surface area (Å²) in [5.74, 6) is -0.367. The number of nitrogens with zero attached hydrogens (tertiary/aromatic N) is 1. The van der Waals surface area contributed by atoms with Gasteiger partial charge >= 0.3 is 0 Å². The van der Waals surface area contributed by atoms with Crippen LogP contribution in [0.25, 0.3) is 0 Å². The van der Waals surface area contributed by atoms with Gasteiger partial charge in [0.15, 0.2) is 0 Å². The number of anilines is 1. The van der Waals surface area contributed by atoms with Gasteiger partial charge in [-0.1, -0.05) is 28.1 Å². The van der Waals surface area contributed by atoms with Gasteiger partial charge in [-0.05, 0) is 36.2 Å². The quantitative estimate of drug-likeness (QED) is 0.514. The molecule has 0 unspecified atom stereocenters. The zero-order valence-corrected chi connectivity index (χ0v) is 12.9. The van der Waals surface area contributed by atoms with Gasteiger partial charge < -0.3 is 5.32 Å². The Hall–Kier alpha value is -2.21. The van der Waals surface area contributed by atoms with Gasteiger partial charge in [0.1, 0.15) is 0 Å². The summed E-state index contributed by atoms with van der Waals surface area (Å²) in [6.07, 6.45) is 0. The van der Waals surface area contributed by atoms with Crippen molar-refractivity contribution in [2.45, 2.75) is 12.3 Å². The minimum absolute atomic E-state index is 0.0886. The largest absolute Gasteiger partial charge is 0.322 e. The number of aryl methyl sites for hydroxylation is 1. The van der Waals surface area contributed by atoms with Gasteiger partial charge in [0, 0.05) is 28.7 Å². The maximum atomic E-state index is 12.2. The molecule has 108 valence electrons. The minimum Gasteiger partial charge on any atom is -0.322 e. The van der Waals surface area contributed by atoms with Crippen LogP contribution < -0.4 is 5.32 Å². The van der Waals surface area contributed by atoms with E-state index in [4.69, 9.17) is 0 Å². The molecule has 0 spiro atoms. The summed E-state index contributed by atoms with van der Waals surface area (Å²) < 4.78 is 0. The molecule has 2 aromatic rings. The molecule has 0 aliphatic carbocycles. The number of nitro groups is 1. The maximum absolute atomic E-state index is 12.2. The van der Waals surface area contributed by atoms with Crippen LogP contribution in [-0.2, 0) is 5.33 Å². The third kappa shape index (κ3) is 3.88. The number of alkyl halides is 1. The Morgan fingerprint density at radius 1 is 1.29 bits per heavy atom. The van der Waals surface area contributed by atoms with Crippen LogP contribution in [0.5, 0.6) is 0 Å². The van der Waals surface area contributed by atoms with Crippen LogP contribution in [0.3, 0.4) is 0 Å². The number of non-ortho nitro benzene ring substituents is 1. The summed E-state index contributed by atoms with van der Waals surface area (Å²) in [5, 5.41) is 14.3. The van der Waals surface area contributed by atoms with E-state index in [-0.39, 0.29) is 17.2 Å². The van der Waals surface area contributed by atoms with Gasteiger partial charge in [0.2, 0.25) is 0 Å². The van der Waals surface area contributed by atoms with E-state index in [0.29, 0.717) is 16.6 Å². The van der Waals surface area contributed by atoms with Crippen molar-refractivity contribution in [1.29, 1.82) is 0 Å². The summed E-state index contributed by atoms with van der Waals surface area (Å²) >= 11 is 3.35. The Morgan fingerprint density at radius 3 is 2.71 bits per heavy atom. The molecule has 6 heteroatoms. The first-order valence-electron chi connectivity index (χ1n) is 6.22. The SMILES string of the molecule is Cc1cc(C(=O)Nc2cccc(CBr)c2)cc([N+](=O)[O-])c1. The Labute approximate surface area is 130 Å². The van der Waals surface area contributed by atoms with Crippen molar-refractivity contribution >= 4 is 33.2 Å². The van der Waals surface area contributed by atoms with Crippen molar-refractivity contribution in [1.82, 2.24) is 0 Å². The molecule has 0 radical (unpaired) electrons. The predicted octanol–water partition coefficient (Wildman–Crippen LogP) is 4.05. The first-order chi connectivity index (χ1) is 9.99. The first-order valence-corrected chi connectivity index (χ1v) is 7.34. The average molecular weight is 349 g/mol. The number of amides is 1. The lowest BCUT2D eigenvalue weighted by Crippen LogP contribution is -2.12. The lowest BCUT2D eigenvalue weighted by atomic mass is 10.1. The molecule has 21 heavy (non-hydrogen) atoms. The summed E-state index contributed by atoms with van der Waals surface area (Å²) in [6, 6.07) is 11.7. The molecular formula is C15H13BrN2O3. The second kappa shape index (κ2) is 6.49. The topological polar surface area (TPSA) is 72.2 Å². The molecule has 0 aliphatic rings. The molecule has 0 aliphatic heterocycles. The first kappa shape index (κ1) is 15.2. The highest BCUT2D eigenvalue weighted by Crippen LogP contribution is 2.19. The monoisotopic (exact) mass is 348 g/mol. The van der Waals surface area contributed by atoms with Crippen LogP contribution in [-0.4, -0.2) is 10.8 Å². The number of nitro benzene ring substituents is 1. The van der Waals surface area contributed by atoms with E-state index in [9.17, 15) is 14.9 Å². The van der Waals surface area contributed by atoms with Crippen LogP contribution in [0.1, 0.15) is 21.5 Å². The normalized spacial score (nSPS) is 10.2. The van der Waals surface area contributed by atoms with Crippen molar-refractivity contribution in [3.63, 3.8) is 0 Å². The van der Waals surface area contributed by atoms with E-state index in [0.717, 1.165) is 5.56 Å². The van der Waals surface area contributed by atoms with Crippen LogP contribution in [0.2, 0.25) is 0 Å².